The summed E-state index contributed by atoms with van der Waals surface area (Å²) in [7, 11) is 0. The number of hydrogen-bond donors (Lipinski definition) is 2. The molecule has 44 heavy (non-hydrogen) atoms. The molecule has 0 fully saturated rings. The van der Waals surface area contributed by atoms with E-state index in [-0.39, 0.29) is 37.7 Å². The van der Waals surface area contributed by atoms with Crippen molar-refractivity contribution in [3.05, 3.63) is 99.9 Å². The number of nitrogens with two attached hydrogens (primary N) is 1. The smallest absolute Gasteiger partial charge is 0.228 e. The number of pyridine rings is 1. The van der Waals surface area contributed by atoms with Crippen LogP contribution < -0.4 is 11.1 Å². The first-order chi connectivity index (χ1) is 21.1. The maximum Gasteiger partial charge on any atom is 0.228 e. The Kier molecular flexibility index (Phi) is 13.9. The third kappa shape index (κ3) is 11.4. The van der Waals surface area contributed by atoms with E-state index in [0.29, 0.717) is 42.2 Å². The Morgan fingerprint density at radius 2 is 1.59 bits per heavy atom. The third-order valence-corrected chi connectivity index (χ3v) is 7.32. The Balaban J connectivity index is 1.70. The number of rotatable bonds is 17. The van der Waals surface area contributed by atoms with Crippen LogP contribution in [0.2, 0.25) is 0 Å². The Labute approximate surface area is 260 Å². The van der Waals surface area contributed by atoms with Crippen LogP contribution in [0.3, 0.4) is 0 Å². The number of halogens is 2. The summed E-state index contributed by atoms with van der Waals surface area (Å²) in [4.78, 5) is 32.6. The highest BCUT2D eigenvalue weighted by atomic mass is 19.1. The second kappa shape index (κ2) is 17.6. The van der Waals surface area contributed by atoms with Gasteiger partial charge in [-0.15, -0.1) is 0 Å². The number of amides is 2. The molecule has 2 aromatic carbocycles. The molecule has 1 aromatic heterocycles. The normalized spacial score (nSPS) is 12.5. The van der Waals surface area contributed by atoms with Gasteiger partial charge in [-0.1, -0.05) is 45.0 Å². The minimum atomic E-state index is -0.698. The van der Waals surface area contributed by atoms with Gasteiger partial charge in [-0.05, 0) is 79.1 Å². The van der Waals surface area contributed by atoms with Crippen molar-refractivity contribution < 1.29 is 23.1 Å². The molecule has 3 rings (SSSR count). The summed E-state index contributed by atoms with van der Waals surface area (Å²) in [5.74, 6) is -1.69. The fourth-order valence-electron chi connectivity index (χ4n) is 5.28. The number of nitrogens with one attached hydrogen (secondary N) is 1. The molecule has 0 aliphatic rings. The highest BCUT2D eigenvalue weighted by Crippen LogP contribution is 2.14. The van der Waals surface area contributed by atoms with Crippen molar-refractivity contribution in [2.45, 2.75) is 84.9 Å². The average Bonchev–Trinajstić information content (AvgIpc) is 2.96. The van der Waals surface area contributed by atoms with Gasteiger partial charge in [0.05, 0.1) is 37.8 Å². The molecule has 0 aliphatic heterocycles. The predicted octanol–water partition coefficient (Wildman–Crippen LogP) is 5.24. The number of aryl methyl sites for hydroxylation is 2. The van der Waals surface area contributed by atoms with Crippen LogP contribution in [0.25, 0.3) is 0 Å². The van der Waals surface area contributed by atoms with Crippen molar-refractivity contribution in [1.29, 1.82) is 0 Å². The minimum Gasteiger partial charge on any atom is -0.375 e. The molecule has 3 aromatic rings. The fraction of sp³-hybridized carbons (Fsp3) is 0.457. The van der Waals surface area contributed by atoms with Gasteiger partial charge in [0.15, 0.2) is 0 Å². The molecule has 1 unspecified atom stereocenters. The third-order valence-electron chi connectivity index (χ3n) is 7.32. The second-order valence-corrected chi connectivity index (χ2v) is 11.4. The predicted molar refractivity (Wildman–Crippen MR) is 169 cm³/mol. The maximum absolute atomic E-state index is 14.0. The van der Waals surface area contributed by atoms with E-state index >= 15 is 0 Å². The molecule has 0 saturated heterocycles. The van der Waals surface area contributed by atoms with Crippen molar-refractivity contribution >= 4 is 11.8 Å². The van der Waals surface area contributed by atoms with Crippen LogP contribution in [0, 0.1) is 18.6 Å². The van der Waals surface area contributed by atoms with Crippen molar-refractivity contribution in [1.82, 2.24) is 15.2 Å². The number of ether oxygens (including phenoxy) is 1. The van der Waals surface area contributed by atoms with E-state index in [9.17, 15) is 18.4 Å². The Morgan fingerprint density at radius 3 is 2.25 bits per heavy atom. The Hall–Kier alpha value is -3.69. The first-order valence-corrected chi connectivity index (χ1v) is 15.5. The number of benzene rings is 2. The van der Waals surface area contributed by atoms with Crippen molar-refractivity contribution in [2.24, 2.45) is 5.73 Å². The van der Waals surface area contributed by atoms with Crippen LogP contribution in [-0.4, -0.2) is 53.5 Å². The van der Waals surface area contributed by atoms with Gasteiger partial charge < -0.3 is 20.7 Å². The SMILES string of the molecule is CCCN(CCC)C(=O)Cc1cc(CC(=O)N[C@@H](Cc2cc(F)cc(F)c2)C(N)COCc2cccc(CC)c2)cc(C)n1. The molecule has 7 nitrogen and oxygen atoms in total. The molecule has 2 atom stereocenters. The van der Waals surface area contributed by atoms with Gasteiger partial charge in [0.2, 0.25) is 11.8 Å². The summed E-state index contributed by atoms with van der Waals surface area (Å²) < 4.78 is 33.8. The van der Waals surface area contributed by atoms with Gasteiger partial charge >= 0.3 is 0 Å². The first-order valence-electron chi connectivity index (χ1n) is 15.5. The van der Waals surface area contributed by atoms with E-state index in [2.05, 4.69) is 29.4 Å². The summed E-state index contributed by atoms with van der Waals surface area (Å²) in [5.41, 5.74) is 11.1. The van der Waals surface area contributed by atoms with Gasteiger partial charge in [-0.3, -0.25) is 14.6 Å². The lowest BCUT2D eigenvalue weighted by Crippen LogP contribution is -2.51. The van der Waals surface area contributed by atoms with E-state index in [1.165, 1.54) is 17.7 Å². The average molecular weight is 609 g/mol. The molecule has 0 aliphatic carbocycles. The van der Waals surface area contributed by atoms with E-state index in [1.807, 2.05) is 43.9 Å². The van der Waals surface area contributed by atoms with E-state index < -0.39 is 23.7 Å². The van der Waals surface area contributed by atoms with Gasteiger partial charge in [-0.25, -0.2) is 8.78 Å². The van der Waals surface area contributed by atoms with Crippen LogP contribution in [0.5, 0.6) is 0 Å². The van der Waals surface area contributed by atoms with Crippen LogP contribution in [0.15, 0.2) is 54.6 Å². The molecule has 0 bridgehead atoms. The van der Waals surface area contributed by atoms with Crippen molar-refractivity contribution in [2.75, 3.05) is 19.7 Å². The maximum atomic E-state index is 14.0. The van der Waals surface area contributed by atoms with Crippen LogP contribution >= 0.6 is 0 Å². The van der Waals surface area contributed by atoms with Crippen LogP contribution in [0.1, 0.15) is 67.3 Å². The summed E-state index contributed by atoms with van der Waals surface area (Å²) in [6.07, 6.45) is 2.98. The van der Waals surface area contributed by atoms with Gasteiger partial charge in [-0.2, -0.15) is 0 Å². The number of hydrogen-bond acceptors (Lipinski definition) is 5. The summed E-state index contributed by atoms with van der Waals surface area (Å²) in [6, 6.07) is 13.7. The van der Waals surface area contributed by atoms with E-state index in [0.717, 1.165) is 30.9 Å². The van der Waals surface area contributed by atoms with Crippen molar-refractivity contribution in [3.8, 4) is 0 Å². The zero-order chi connectivity index (χ0) is 32.1. The molecule has 238 valence electrons. The summed E-state index contributed by atoms with van der Waals surface area (Å²) >= 11 is 0. The van der Waals surface area contributed by atoms with Gasteiger partial charge in [0, 0.05) is 30.9 Å². The monoisotopic (exact) mass is 608 g/mol. The van der Waals surface area contributed by atoms with Crippen LogP contribution in [0.4, 0.5) is 8.78 Å². The molecule has 0 saturated carbocycles. The zero-order valence-electron chi connectivity index (χ0n) is 26.4. The molecule has 0 spiro atoms. The van der Waals surface area contributed by atoms with Gasteiger partial charge in [0.25, 0.3) is 0 Å². The number of carbonyl (C=O) groups excluding carboxylic acids is 2. The molecule has 0 radical (unpaired) electrons. The highest BCUT2D eigenvalue weighted by molar-refractivity contribution is 5.80. The molecule has 9 heteroatoms. The number of aromatic nitrogens is 1. The largest absolute Gasteiger partial charge is 0.375 e. The summed E-state index contributed by atoms with van der Waals surface area (Å²) in [5, 5.41) is 2.97. The topological polar surface area (TPSA) is 97.6 Å². The summed E-state index contributed by atoms with van der Waals surface area (Å²) in [6.45, 7) is 9.86. The molecular formula is C35H46F2N4O3. The van der Waals surface area contributed by atoms with Gasteiger partial charge in [0.1, 0.15) is 11.6 Å². The molecule has 1 heterocycles. The number of nitrogens with zero attached hydrogens (tertiary/aromatic N) is 2. The molecule has 3 N–H and O–H groups in total. The standard InChI is InChI=1S/C35H46F2N4O3/c1-5-11-41(12-6-2)35(43)21-31-17-27(13-24(4)39-31)19-34(42)40-33(18-28-15-29(36)20-30(37)16-28)32(38)23-44-22-26-10-8-9-25(7-3)14-26/h8-10,13-17,20,32-33H,5-7,11-12,18-19,21-23,38H2,1-4H3,(H,40,42)/t32?,33-/m0/s1. The van der Waals surface area contributed by atoms with E-state index in [4.69, 9.17) is 10.5 Å². The van der Waals surface area contributed by atoms with Crippen LogP contribution in [-0.2, 0) is 46.6 Å². The van der Waals surface area contributed by atoms with E-state index in [1.54, 1.807) is 6.07 Å². The molecule has 2 amide bonds. The second-order valence-electron chi connectivity index (χ2n) is 11.4. The lowest BCUT2D eigenvalue weighted by Gasteiger charge is -2.26. The lowest BCUT2D eigenvalue weighted by atomic mass is 9.99. The lowest BCUT2D eigenvalue weighted by molar-refractivity contribution is -0.130. The van der Waals surface area contributed by atoms with Crippen molar-refractivity contribution in [3.63, 3.8) is 0 Å². The first kappa shape index (κ1) is 34.8. The Bertz CT molecular complexity index is 1360. The minimum absolute atomic E-state index is 0.0111. The fourth-order valence-corrected chi connectivity index (χ4v) is 5.28. The zero-order valence-corrected chi connectivity index (χ0v) is 26.4. The Morgan fingerprint density at radius 1 is 0.909 bits per heavy atom. The quantitative estimate of drug-likeness (QED) is 0.219. The highest BCUT2D eigenvalue weighted by Gasteiger charge is 2.22. The number of carbonyl (C=O) groups is 2. The molecular weight excluding hydrogens is 562 g/mol.